The second-order valence-corrected chi connectivity index (χ2v) is 8.64. The van der Waals surface area contributed by atoms with Crippen LogP contribution >= 0.6 is 0 Å². The third-order valence-corrected chi connectivity index (χ3v) is 5.09. The lowest BCUT2D eigenvalue weighted by molar-refractivity contribution is -0.143. The fraction of sp³-hybridized carbons (Fsp3) is 0.522. The van der Waals surface area contributed by atoms with Gasteiger partial charge in [0.05, 0.1) is 12.6 Å². The third kappa shape index (κ3) is 11.0. The summed E-state index contributed by atoms with van der Waals surface area (Å²) in [4.78, 5) is 60.9. The fourth-order valence-electron chi connectivity index (χ4n) is 3.24. The first-order chi connectivity index (χ1) is 16.4. The van der Waals surface area contributed by atoms with Gasteiger partial charge in [0.2, 0.25) is 23.6 Å². The first kappa shape index (κ1) is 29.5. The molecule has 4 unspecified atom stereocenters. The van der Waals surface area contributed by atoms with Crippen molar-refractivity contribution in [1.82, 2.24) is 16.0 Å². The molecule has 35 heavy (non-hydrogen) atoms. The smallest absolute Gasteiger partial charge is 0.328 e. The number of carboxylic acid groups (broad SMARTS) is 1. The SMILES string of the molecule is CC(C)CC(N)C(=O)NC(CCC(N)=O)C(=O)NC(Cc1ccccc1)C(=O)NC(CO)C(=O)O. The van der Waals surface area contributed by atoms with Gasteiger partial charge in [0.1, 0.15) is 18.1 Å². The van der Waals surface area contributed by atoms with Crippen LogP contribution in [0.1, 0.15) is 38.7 Å². The molecule has 0 saturated carbocycles. The van der Waals surface area contributed by atoms with Crippen LogP contribution in [0.15, 0.2) is 30.3 Å². The quantitative estimate of drug-likeness (QED) is 0.151. The first-order valence-electron chi connectivity index (χ1n) is 11.3. The minimum absolute atomic E-state index is 0.000466. The lowest BCUT2D eigenvalue weighted by atomic mass is 10.0. The van der Waals surface area contributed by atoms with Crippen molar-refractivity contribution < 1.29 is 34.2 Å². The molecule has 0 fully saturated rings. The Hall–Kier alpha value is -3.51. The van der Waals surface area contributed by atoms with E-state index in [1.165, 1.54) is 0 Å². The van der Waals surface area contributed by atoms with E-state index >= 15 is 0 Å². The van der Waals surface area contributed by atoms with Gasteiger partial charge in [0.25, 0.3) is 0 Å². The first-order valence-corrected chi connectivity index (χ1v) is 11.3. The maximum absolute atomic E-state index is 13.1. The number of hydrogen-bond donors (Lipinski definition) is 7. The zero-order valence-electron chi connectivity index (χ0n) is 19.9. The normalized spacial score (nSPS) is 14.3. The average Bonchev–Trinajstić information content (AvgIpc) is 2.79. The summed E-state index contributed by atoms with van der Waals surface area (Å²) in [5.74, 6) is -4.23. The number of primary amides is 1. The van der Waals surface area contributed by atoms with Gasteiger partial charge in [-0.1, -0.05) is 44.2 Å². The number of rotatable bonds is 15. The monoisotopic (exact) mass is 493 g/mol. The van der Waals surface area contributed by atoms with Crippen LogP contribution in [0.25, 0.3) is 0 Å². The van der Waals surface area contributed by atoms with Crippen molar-refractivity contribution in [3.8, 4) is 0 Å². The molecule has 0 aliphatic heterocycles. The summed E-state index contributed by atoms with van der Waals surface area (Å²) in [7, 11) is 0. The molecule has 12 heteroatoms. The Kier molecular flexibility index (Phi) is 12.4. The van der Waals surface area contributed by atoms with Gasteiger partial charge in [-0.25, -0.2) is 4.79 Å². The van der Waals surface area contributed by atoms with E-state index in [2.05, 4.69) is 16.0 Å². The van der Waals surface area contributed by atoms with Gasteiger partial charge in [-0.3, -0.25) is 19.2 Å². The van der Waals surface area contributed by atoms with Gasteiger partial charge in [0.15, 0.2) is 0 Å². The molecule has 0 aliphatic rings. The largest absolute Gasteiger partial charge is 0.480 e. The summed E-state index contributed by atoms with van der Waals surface area (Å²) >= 11 is 0. The molecule has 9 N–H and O–H groups in total. The molecule has 12 nitrogen and oxygen atoms in total. The number of aliphatic hydroxyl groups excluding tert-OH is 1. The van der Waals surface area contributed by atoms with Crippen LogP contribution < -0.4 is 27.4 Å². The van der Waals surface area contributed by atoms with Gasteiger partial charge < -0.3 is 37.6 Å². The van der Waals surface area contributed by atoms with Crippen LogP contribution in [0, 0.1) is 5.92 Å². The number of carbonyl (C=O) groups is 5. The summed E-state index contributed by atoms with van der Waals surface area (Å²) in [6, 6.07) is 3.73. The number of aliphatic carboxylic acids is 1. The highest BCUT2D eigenvalue weighted by Crippen LogP contribution is 2.07. The fourth-order valence-corrected chi connectivity index (χ4v) is 3.24. The van der Waals surface area contributed by atoms with E-state index in [1.807, 2.05) is 13.8 Å². The highest BCUT2D eigenvalue weighted by molar-refractivity contribution is 5.94. The molecule has 0 radical (unpaired) electrons. The number of carboxylic acids is 1. The predicted molar refractivity (Wildman–Crippen MR) is 127 cm³/mol. The molecule has 194 valence electrons. The van der Waals surface area contributed by atoms with Gasteiger partial charge in [-0.05, 0) is 24.3 Å². The molecule has 0 spiro atoms. The van der Waals surface area contributed by atoms with E-state index in [-0.39, 0.29) is 25.2 Å². The Morgan fingerprint density at radius 1 is 0.886 bits per heavy atom. The van der Waals surface area contributed by atoms with E-state index in [0.717, 1.165) is 0 Å². The molecule has 0 bridgehead atoms. The summed E-state index contributed by atoms with van der Waals surface area (Å²) in [6.07, 6.45) is 0.0284. The lowest BCUT2D eigenvalue weighted by Crippen LogP contribution is -2.58. The van der Waals surface area contributed by atoms with Crippen LogP contribution in [-0.2, 0) is 30.4 Å². The molecule has 0 aromatic heterocycles. The van der Waals surface area contributed by atoms with E-state index < -0.39 is 60.4 Å². The predicted octanol–water partition coefficient (Wildman–Crippen LogP) is -1.60. The van der Waals surface area contributed by atoms with Crippen LogP contribution in [0.4, 0.5) is 0 Å². The molecular formula is C23H35N5O7. The molecule has 0 aliphatic carbocycles. The molecule has 1 rings (SSSR count). The second kappa shape index (κ2) is 14.7. The van der Waals surface area contributed by atoms with Crippen molar-refractivity contribution in [2.75, 3.05) is 6.61 Å². The van der Waals surface area contributed by atoms with Gasteiger partial charge in [0, 0.05) is 12.8 Å². The zero-order valence-corrected chi connectivity index (χ0v) is 19.9. The Morgan fingerprint density at radius 2 is 1.43 bits per heavy atom. The molecule has 0 saturated heterocycles. The molecular weight excluding hydrogens is 458 g/mol. The molecule has 0 heterocycles. The van der Waals surface area contributed by atoms with Crippen LogP contribution in [-0.4, -0.2) is 70.6 Å². The van der Waals surface area contributed by atoms with Crippen LogP contribution in [0.3, 0.4) is 0 Å². The highest BCUT2D eigenvalue weighted by Gasteiger charge is 2.30. The minimum atomic E-state index is -1.57. The summed E-state index contributed by atoms with van der Waals surface area (Å²) in [5.41, 5.74) is 11.8. The number of aliphatic hydroxyl groups is 1. The van der Waals surface area contributed by atoms with Crippen molar-refractivity contribution in [2.24, 2.45) is 17.4 Å². The van der Waals surface area contributed by atoms with Gasteiger partial charge in [-0.15, -0.1) is 0 Å². The number of nitrogens with two attached hydrogens (primary N) is 2. The molecule has 1 aromatic rings. The van der Waals surface area contributed by atoms with E-state index in [4.69, 9.17) is 16.6 Å². The Labute approximate surface area is 203 Å². The number of nitrogens with one attached hydrogen (secondary N) is 3. The van der Waals surface area contributed by atoms with Crippen molar-refractivity contribution >= 4 is 29.6 Å². The summed E-state index contributed by atoms with van der Waals surface area (Å²) < 4.78 is 0. The van der Waals surface area contributed by atoms with E-state index in [1.54, 1.807) is 30.3 Å². The van der Waals surface area contributed by atoms with Crippen molar-refractivity contribution in [3.63, 3.8) is 0 Å². The van der Waals surface area contributed by atoms with Crippen LogP contribution in [0.2, 0.25) is 0 Å². The third-order valence-electron chi connectivity index (χ3n) is 5.09. The Balaban J connectivity index is 3.09. The van der Waals surface area contributed by atoms with Crippen molar-refractivity contribution in [2.45, 2.75) is 63.7 Å². The van der Waals surface area contributed by atoms with Crippen molar-refractivity contribution in [3.05, 3.63) is 35.9 Å². The number of amides is 4. The zero-order chi connectivity index (χ0) is 26.5. The van der Waals surface area contributed by atoms with Crippen LogP contribution in [0.5, 0.6) is 0 Å². The van der Waals surface area contributed by atoms with Gasteiger partial charge >= 0.3 is 5.97 Å². The number of hydrogen-bond acceptors (Lipinski definition) is 7. The topological polar surface area (TPSA) is 214 Å². The molecule has 1 aromatic carbocycles. The molecule has 4 atom stereocenters. The number of benzene rings is 1. The highest BCUT2D eigenvalue weighted by atomic mass is 16.4. The second-order valence-electron chi connectivity index (χ2n) is 8.64. The maximum atomic E-state index is 13.1. The minimum Gasteiger partial charge on any atom is -0.480 e. The van der Waals surface area contributed by atoms with E-state index in [0.29, 0.717) is 12.0 Å². The van der Waals surface area contributed by atoms with E-state index in [9.17, 15) is 29.1 Å². The Morgan fingerprint density at radius 3 is 1.94 bits per heavy atom. The summed E-state index contributed by atoms with van der Waals surface area (Å²) in [5, 5.41) is 25.6. The lowest BCUT2D eigenvalue weighted by Gasteiger charge is -2.25. The Bertz CT molecular complexity index is 878. The van der Waals surface area contributed by atoms with Gasteiger partial charge in [-0.2, -0.15) is 0 Å². The number of carbonyl (C=O) groups excluding carboxylic acids is 4. The maximum Gasteiger partial charge on any atom is 0.328 e. The summed E-state index contributed by atoms with van der Waals surface area (Å²) in [6.45, 7) is 2.92. The standard InChI is InChI=1S/C23H35N5O7/c1-13(2)10-15(24)20(31)26-16(8-9-19(25)30)21(32)27-17(11-14-6-4-3-5-7-14)22(33)28-18(12-29)23(34)35/h3-7,13,15-18,29H,8-12,24H2,1-2H3,(H2,25,30)(H,26,31)(H,27,32)(H,28,33)(H,34,35). The van der Waals surface area contributed by atoms with Crippen molar-refractivity contribution in [1.29, 1.82) is 0 Å². The molecule has 4 amide bonds. The average molecular weight is 494 g/mol.